The molecule has 1 atom stereocenters. The van der Waals surface area contributed by atoms with Gasteiger partial charge in [-0.2, -0.15) is 0 Å². The predicted octanol–water partition coefficient (Wildman–Crippen LogP) is 4.65. The molecule has 0 aliphatic rings. The van der Waals surface area contributed by atoms with E-state index in [4.69, 9.17) is 4.74 Å². The molecule has 2 rings (SSSR count). The van der Waals surface area contributed by atoms with Gasteiger partial charge in [0, 0.05) is 10.9 Å². The summed E-state index contributed by atoms with van der Waals surface area (Å²) in [7, 11) is 0. The maximum atomic E-state index is 13.7. The van der Waals surface area contributed by atoms with Gasteiger partial charge in [-0.05, 0) is 47.9 Å². The number of hydrogen-bond acceptors (Lipinski definition) is 2. The Hall–Kier alpha value is -1.39. The van der Waals surface area contributed by atoms with Crippen molar-refractivity contribution < 1.29 is 14.2 Å². The normalized spacial score (nSPS) is 12.2. The standard InChI is InChI=1S/C17H18BrFO2/c1-2-8-21-15-5-3-4-12(10-15)17(20)11-13-9-14(18)6-7-16(13)19/h3-7,9-10,17,20H,2,8,11H2,1H3. The van der Waals surface area contributed by atoms with Crippen LogP contribution in [0.4, 0.5) is 4.39 Å². The van der Waals surface area contributed by atoms with Gasteiger partial charge in [0.05, 0.1) is 12.7 Å². The highest BCUT2D eigenvalue weighted by molar-refractivity contribution is 9.10. The maximum absolute atomic E-state index is 13.7. The van der Waals surface area contributed by atoms with Crippen LogP contribution < -0.4 is 4.74 Å². The number of aliphatic hydroxyl groups is 1. The zero-order chi connectivity index (χ0) is 15.2. The first-order valence-electron chi connectivity index (χ1n) is 6.95. The minimum absolute atomic E-state index is 0.225. The van der Waals surface area contributed by atoms with E-state index >= 15 is 0 Å². The van der Waals surface area contributed by atoms with Crippen LogP contribution in [0.2, 0.25) is 0 Å². The number of benzene rings is 2. The van der Waals surface area contributed by atoms with Crippen LogP contribution in [0.1, 0.15) is 30.6 Å². The van der Waals surface area contributed by atoms with Crippen LogP contribution >= 0.6 is 15.9 Å². The van der Waals surface area contributed by atoms with Gasteiger partial charge in [0.2, 0.25) is 0 Å². The number of hydrogen-bond donors (Lipinski definition) is 1. The first-order valence-corrected chi connectivity index (χ1v) is 7.74. The molecule has 0 aliphatic heterocycles. The Morgan fingerprint density at radius 1 is 1.24 bits per heavy atom. The van der Waals surface area contributed by atoms with Crippen molar-refractivity contribution in [1.82, 2.24) is 0 Å². The molecule has 21 heavy (non-hydrogen) atoms. The van der Waals surface area contributed by atoms with Crippen molar-refractivity contribution in [1.29, 1.82) is 0 Å². The minimum atomic E-state index is -0.765. The lowest BCUT2D eigenvalue weighted by atomic mass is 10.0. The molecule has 0 amide bonds. The zero-order valence-corrected chi connectivity index (χ0v) is 13.4. The van der Waals surface area contributed by atoms with Crippen molar-refractivity contribution in [3.05, 3.63) is 63.9 Å². The van der Waals surface area contributed by atoms with Crippen LogP contribution in [0, 0.1) is 5.82 Å². The highest BCUT2D eigenvalue weighted by Crippen LogP contribution is 2.25. The van der Waals surface area contributed by atoms with Crippen LogP contribution in [0.15, 0.2) is 46.9 Å². The van der Waals surface area contributed by atoms with E-state index in [1.807, 2.05) is 25.1 Å². The second kappa shape index (κ2) is 7.57. The van der Waals surface area contributed by atoms with Crippen molar-refractivity contribution >= 4 is 15.9 Å². The first-order chi connectivity index (χ1) is 10.1. The Morgan fingerprint density at radius 3 is 2.81 bits per heavy atom. The molecule has 1 N–H and O–H groups in total. The van der Waals surface area contributed by atoms with Gasteiger partial charge in [-0.25, -0.2) is 4.39 Å². The summed E-state index contributed by atoms with van der Waals surface area (Å²) in [6.07, 6.45) is 0.386. The van der Waals surface area contributed by atoms with E-state index in [2.05, 4.69) is 15.9 Å². The average molecular weight is 353 g/mol. The number of halogens is 2. The van der Waals surface area contributed by atoms with Gasteiger partial charge in [-0.3, -0.25) is 0 Å². The maximum Gasteiger partial charge on any atom is 0.126 e. The summed E-state index contributed by atoms with van der Waals surface area (Å²) in [6.45, 7) is 2.68. The van der Waals surface area contributed by atoms with E-state index in [1.54, 1.807) is 18.2 Å². The number of ether oxygens (including phenoxy) is 1. The molecule has 0 fully saturated rings. The fraction of sp³-hybridized carbons (Fsp3) is 0.294. The third-order valence-electron chi connectivity index (χ3n) is 3.14. The van der Waals surface area contributed by atoms with Gasteiger partial charge < -0.3 is 9.84 Å². The summed E-state index contributed by atoms with van der Waals surface area (Å²) in [4.78, 5) is 0. The van der Waals surface area contributed by atoms with Crippen LogP contribution in [0.5, 0.6) is 5.75 Å². The molecule has 0 bridgehead atoms. The third kappa shape index (κ3) is 4.55. The zero-order valence-electron chi connectivity index (χ0n) is 11.9. The van der Waals surface area contributed by atoms with E-state index in [9.17, 15) is 9.50 Å². The molecular weight excluding hydrogens is 335 g/mol. The molecule has 1 unspecified atom stereocenters. The monoisotopic (exact) mass is 352 g/mol. The van der Waals surface area contributed by atoms with Crippen LogP contribution in [-0.4, -0.2) is 11.7 Å². The topological polar surface area (TPSA) is 29.5 Å². The molecule has 0 heterocycles. The first kappa shape index (κ1) is 16.0. The molecule has 0 radical (unpaired) electrons. The van der Waals surface area contributed by atoms with Gasteiger partial charge in [0.25, 0.3) is 0 Å². The van der Waals surface area contributed by atoms with Gasteiger partial charge in [-0.1, -0.05) is 35.0 Å². The van der Waals surface area contributed by atoms with Crippen LogP contribution in [0.25, 0.3) is 0 Å². The summed E-state index contributed by atoms with van der Waals surface area (Å²) in [6, 6.07) is 12.0. The second-order valence-electron chi connectivity index (χ2n) is 4.88. The summed E-state index contributed by atoms with van der Waals surface area (Å²) < 4.78 is 20.1. The fourth-order valence-electron chi connectivity index (χ4n) is 2.06. The third-order valence-corrected chi connectivity index (χ3v) is 3.63. The molecule has 0 aliphatic carbocycles. The van der Waals surface area contributed by atoms with Gasteiger partial charge in [0.1, 0.15) is 11.6 Å². The Balaban J connectivity index is 2.12. The highest BCUT2D eigenvalue weighted by Gasteiger charge is 2.13. The molecule has 0 aromatic heterocycles. The van der Waals surface area contributed by atoms with E-state index in [1.165, 1.54) is 6.07 Å². The molecule has 2 nitrogen and oxygen atoms in total. The molecule has 4 heteroatoms. The Labute approximate surface area is 132 Å². The van der Waals surface area contributed by atoms with Crippen molar-refractivity contribution in [3.63, 3.8) is 0 Å². The molecule has 0 saturated carbocycles. The Morgan fingerprint density at radius 2 is 2.05 bits per heavy atom. The smallest absolute Gasteiger partial charge is 0.126 e. The summed E-state index contributed by atoms with van der Waals surface area (Å²) >= 11 is 3.31. The fourth-order valence-corrected chi connectivity index (χ4v) is 2.47. The van der Waals surface area contributed by atoms with E-state index in [0.29, 0.717) is 12.2 Å². The summed E-state index contributed by atoms with van der Waals surface area (Å²) in [5, 5.41) is 10.3. The Kier molecular flexibility index (Phi) is 5.76. The quantitative estimate of drug-likeness (QED) is 0.819. The summed E-state index contributed by atoms with van der Waals surface area (Å²) in [5.74, 6) is 0.416. The Bertz CT molecular complexity index is 601. The molecule has 112 valence electrons. The molecule has 2 aromatic carbocycles. The lowest BCUT2D eigenvalue weighted by molar-refractivity contribution is 0.176. The van der Waals surface area contributed by atoms with Gasteiger partial charge in [0.15, 0.2) is 0 Å². The van der Waals surface area contributed by atoms with E-state index in [-0.39, 0.29) is 12.2 Å². The van der Waals surface area contributed by atoms with Crippen molar-refractivity contribution in [2.24, 2.45) is 0 Å². The molecule has 2 aromatic rings. The van der Waals surface area contributed by atoms with Crippen LogP contribution in [0.3, 0.4) is 0 Å². The van der Waals surface area contributed by atoms with E-state index < -0.39 is 6.10 Å². The van der Waals surface area contributed by atoms with Crippen molar-refractivity contribution in [2.45, 2.75) is 25.9 Å². The number of rotatable bonds is 6. The molecule has 0 saturated heterocycles. The predicted molar refractivity (Wildman–Crippen MR) is 85.0 cm³/mol. The molecular formula is C17H18BrFO2. The largest absolute Gasteiger partial charge is 0.494 e. The van der Waals surface area contributed by atoms with Crippen molar-refractivity contribution in [2.75, 3.05) is 6.61 Å². The average Bonchev–Trinajstić information content (AvgIpc) is 2.49. The summed E-state index contributed by atoms with van der Waals surface area (Å²) in [5.41, 5.74) is 1.21. The lowest BCUT2D eigenvalue weighted by Gasteiger charge is -2.13. The van der Waals surface area contributed by atoms with E-state index in [0.717, 1.165) is 22.2 Å². The van der Waals surface area contributed by atoms with Gasteiger partial charge >= 0.3 is 0 Å². The number of aliphatic hydroxyl groups excluding tert-OH is 1. The van der Waals surface area contributed by atoms with Crippen LogP contribution in [-0.2, 0) is 6.42 Å². The highest BCUT2D eigenvalue weighted by atomic mass is 79.9. The minimum Gasteiger partial charge on any atom is -0.494 e. The van der Waals surface area contributed by atoms with Crippen molar-refractivity contribution in [3.8, 4) is 5.75 Å². The second-order valence-corrected chi connectivity index (χ2v) is 5.79. The lowest BCUT2D eigenvalue weighted by Crippen LogP contribution is -2.04. The van der Waals surface area contributed by atoms with Gasteiger partial charge in [-0.15, -0.1) is 0 Å². The molecule has 0 spiro atoms. The SMILES string of the molecule is CCCOc1cccc(C(O)Cc2cc(Br)ccc2F)c1.